The molecule has 2 aromatic carbocycles. The molecule has 0 aliphatic heterocycles. The number of alkyl carbamates (subject to hydrolysis) is 1. The first kappa shape index (κ1) is 34.6. The molecule has 0 saturated heterocycles. The summed E-state index contributed by atoms with van der Waals surface area (Å²) < 4.78 is 11.8. The first-order valence-corrected chi connectivity index (χ1v) is 14.5. The minimum Gasteiger partial charge on any atom is -0.444 e. The van der Waals surface area contributed by atoms with Crippen LogP contribution in [-0.2, 0) is 25.5 Å². The monoisotopic (exact) mass is 625 g/mol. The third-order valence-corrected chi connectivity index (χ3v) is 6.67. The summed E-state index contributed by atoms with van der Waals surface area (Å²) >= 11 is 18.6. The molecule has 224 valence electrons. The van der Waals surface area contributed by atoms with Crippen molar-refractivity contribution in [1.29, 1.82) is 0 Å². The predicted octanol–water partition coefficient (Wildman–Crippen LogP) is 6.08. The molecule has 11 heteroatoms. The van der Waals surface area contributed by atoms with Gasteiger partial charge < -0.3 is 20.1 Å². The van der Waals surface area contributed by atoms with Crippen LogP contribution in [-0.4, -0.2) is 66.7 Å². The van der Waals surface area contributed by atoms with Crippen LogP contribution in [0.5, 0.6) is 0 Å². The Bertz CT molecular complexity index is 1190. The van der Waals surface area contributed by atoms with Crippen LogP contribution in [0.3, 0.4) is 0 Å². The van der Waals surface area contributed by atoms with Gasteiger partial charge in [0.1, 0.15) is 5.60 Å². The lowest BCUT2D eigenvalue weighted by Gasteiger charge is -2.23. The van der Waals surface area contributed by atoms with Crippen LogP contribution in [0.2, 0.25) is 10.0 Å². The molecule has 0 radical (unpaired) electrons. The number of rotatable bonds is 15. The van der Waals surface area contributed by atoms with Crippen LogP contribution >= 0.6 is 35.0 Å². The number of ketones is 1. The maximum absolute atomic E-state index is 13.5. The normalized spacial score (nSPS) is 12.5. The molecule has 8 nitrogen and oxygen atoms in total. The maximum atomic E-state index is 13.5. The minimum absolute atomic E-state index is 0.0902. The molecule has 1 atom stereocenters. The highest BCUT2D eigenvalue weighted by molar-refractivity contribution is 6.42. The molecule has 0 fully saturated rings. The van der Waals surface area contributed by atoms with Gasteiger partial charge in [0.15, 0.2) is 5.78 Å². The molecule has 0 saturated carbocycles. The predicted molar refractivity (Wildman–Crippen MR) is 164 cm³/mol. The van der Waals surface area contributed by atoms with E-state index in [1.807, 2.05) is 30.3 Å². The molecular formula is C30H38Cl3N3O5. The Kier molecular flexibility index (Phi) is 14.6. The Morgan fingerprint density at radius 3 is 2.32 bits per heavy atom. The lowest BCUT2D eigenvalue weighted by Crippen LogP contribution is -2.46. The zero-order valence-corrected chi connectivity index (χ0v) is 26.1. The molecular weight excluding hydrogens is 589 g/mol. The SMILES string of the molecule is CCC(=O)/C(=C/c1ccc(Cl)c(Cl)c1)CN(Cl)C(=O)[C@H](Cc1ccccc1)NCCOCCNC(=O)OC(C)(C)C. The van der Waals surface area contributed by atoms with Gasteiger partial charge in [-0.15, -0.1) is 0 Å². The van der Waals surface area contributed by atoms with Crippen molar-refractivity contribution in [3.8, 4) is 0 Å². The van der Waals surface area contributed by atoms with Gasteiger partial charge in [-0.3, -0.25) is 9.59 Å². The summed E-state index contributed by atoms with van der Waals surface area (Å²) in [6.07, 6.45) is 1.79. The zero-order valence-electron chi connectivity index (χ0n) is 23.8. The number of hydrogen-bond acceptors (Lipinski definition) is 6. The van der Waals surface area contributed by atoms with Gasteiger partial charge in [-0.05, 0) is 56.5 Å². The summed E-state index contributed by atoms with van der Waals surface area (Å²) in [7, 11) is 0. The van der Waals surface area contributed by atoms with Crippen molar-refractivity contribution in [1.82, 2.24) is 15.1 Å². The summed E-state index contributed by atoms with van der Waals surface area (Å²) in [6.45, 7) is 8.25. The van der Waals surface area contributed by atoms with Gasteiger partial charge in [-0.1, -0.05) is 66.5 Å². The number of carbonyl (C=O) groups excluding carboxylic acids is 3. The van der Waals surface area contributed by atoms with Crippen LogP contribution in [0.1, 0.15) is 45.2 Å². The summed E-state index contributed by atoms with van der Waals surface area (Å²) in [5, 5.41) is 6.60. The van der Waals surface area contributed by atoms with E-state index in [9.17, 15) is 14.4 Å². The van der Waals surface area contributed by atoms with Crippen molar-refractivity contribution < 1.29 is 23.9 Å². The highest BCUT2D eigenvalue weighted by Crippen LogP contribution is 2.24. The van der Waals surface area contributed by atoms with Crippen molar-refractivity contribution in [2.24, 2.45) is 0 Å². The van der Waals surface area contributed by atoms with Gasteiger partial charge in [0.25, 0.3) is 5.91 Å². The van der Waals surface area contributed by atoms with Gasteiger partial charge in [-0.25, -0.2) is 9.21 Å². The summed E-state index contributed by atoms with van der Waals surface area (Å²) in [5.41, 5.74) is 1.41. The van der Waals surface area contributed by atoms with Gasteiger partial charge >= 0.3 is 6.09 Å². The van der Waals surface area contributed by atoms with Crippen molar-refractivity contribution in [3.05, 3.63) is 75.3 Å². The largest absolute Gasteiger partial charge is 0.444 e. The number of carbonyl (C=O) groups is 3. The molecule has 0 spiro atoms. The fraction of sp³-hybridized carbons (Fsp3) is 0.433. The Labute approximate surface area is 257 Å². The highest BCUT2D eigenvalue weighted by Gasteiger charge is 2.25. The topological polar surface area (TPSA) is 97.0 Å². The van der Waals surface area contributed by atoms with Crippen LogP contribution in [0, 0.1) is 0 Å². The average Bonchev–Trinajstić information content (AvgIpc) is 2.92. The number of nitrogens with one attached hydrogen (secondary N) is 2. The van der Waals surface area contributed by atoms with E-state index in [0.717, 1.165) is 9.98 Å². The fourth-order valence-electron chi connectivity index (χ4n) is 3.68. The number of amides is 2. The second-order valence-corrected chi connectivity index (χ2v) is 11.4. The molecule has 2 rings (SSSR count). The number of nitrogens with zero attached hydrogens (tertiary/aromatic N) is 1. The second-order valence-electron chi connectivity index (χ2n) is 10.2. The number of ether oxygens (including phenoxy) is 2. The lowest BCUT2D eigenvalue weighted by molar-refractivity contribution is -0.128. The van der Waals surface area contributed by atoms with Gasteiger partial charge in [-0.2, -0.15) is 0 Å². The van der Waals surface area contributed by atoms with Crippen molar-refractivity contribution in [2.75, 3.05) is 32.8 Å². The molecule has 2 amide bonds. The zero-order chi connectivity index (χ0) is 30.4. The molecule has 0 heterocycles. The van der Waals surface area contributed by atoms with E-state index < -0.39 is 17.7 Å². The summed E-state index contributed by atoms with van der Waals surface area (Å²) in [4.78, 5) is 37.9. The van der Waals surface area contributed by atoms with E-state index in [0.29, 0.717) is 40.8 Å². The van der Waals surface area contributed by atoms with E-state index in [1.165, 1.54) is 0 Å². The first-order valence-electron chi connectivity index (χ1n) is 13.4. The van der Waals surface area contributed by atoms with E-state index in [4.69, 9.17) is 44.5 Å². The van der Waals surface area contributed by atoms with Crippen molar-refractivity contribution in [3.63, 3.8) is 0 Å². The van der Waals surface area contributed by atoms with Crippen molar-refractivity contribution in [2.45, 2.75) is 52.2 Å². The third-order valence-electron chi connectivity index (χ3n) is 5.64. The van der Waals surface area contributed by atoms with E-state index in [-0.39, 0.29) is 37.8 Å². The Hall–Kier alpha value is -2.62. The van der Waals surface area contributed by atoms with Crippen LogP contribution in [0.4, 0.5) is 4.79 Å². The summed E-state index contributed by atoms with van der Waals surface area (Å²) in [5.74, 6) is -0.526. The summed E-state index contributed by atoms with van der Waals surface area (Å²) in [6, 6.07) is 13.9. The average molecular weight is 627 g/mol. The van der Waals surface area contributed by atoms with E-state index in [2.05, 4.69) is 10.6 Å². The molecule has 2 aromatic rings. The Morgan fingerprint density at radius 2 is 1.68 bits per heavy atom. The smallest absolute Gasteiger partial charge is 0.407 e. The standard InChI is InChI=1S/C30H38Cl3N3O5/c1-5-27(37)23(17-22-11-12-24(31)25(32)18-22)20-36(33)28(38)26(19-21-9-7-6-8-10-21)34-13-15-40-16-14-35-29(39)41-30(2,3)4/h6-12,17-18,26,34H,5,13-16,19-20H2,1-4H3,(H,35,39)/b23-17+/t26-/m0/s1. The quantitative estimate of drug-likeness (QED) is 0.141. The maximum Gasteiger partial charge on any atom is 0.407 e. The Morgan fingerprint density at radius 1 is 1.00 bits per heavy atom. The third kappa shape index (κ3) is 13.3. The molecule has 0 aliphatic rings. The number of hydrogen-bond donors (Lipinski definition) is 2. The number of benzene rings is 2. The van der Waals surface area contributed by atoms with Crippen LogP contribution in [0.15, 0.2) is 54.1 Å². The molecule has 0 aromatic heterocycles. The minimum atomic E-state index is -0.665. The van der Waals surface area contributed by atoms with E-state index >= 15 is 0 Å². The molecule has 0 bridgehead atoms. The lowest BCUT2D eigenvalue weighted by atomic mass is 10.0. The van der Waals surface area contributed by atoms with Crippen molar-refractivity contribution >= 4 is 58.8 Å². The van der Waals surface area contributed by atoms with Gasteiger partial charge in [0.05, 0.1) is 35.8 Å². The Balaban J connectivity index is 2.01. The number of halogens is 3. The van der Waals surface area contributed by atoms with Crippen LogP contribution < -0.4 is 10.6 Å². The number of Topliss-reactive ketones (excluding diaryl/α,β-unsaturated/α-hetero) is 1. The molecule has 41 heavy (non-hydrogen) atoms. The van der Waals surface area contributed by atoms with Gasteiger partial charge in [0, 0.05) is 36.9 Å². The molecule has 0 unspecified atom stereocenters. The fourth-order valence-corrected chi connectivity index (χ4v) is 4.24. The van der Waals surface area contributed by atoms with Crippen LogP contribution in [0.25, 0.3) is 6.08 Å². The van der Waals surface area contributed by atoms with E-state index in [1.54, 1.807) is 52.0 Å². The molecule has 0 aliphatic carbocycles. The first-order chi connectivity index (χ1) is 19.4. The molecule has 2 N–H and O–H groups in total. The highest BCUT2D eigenvalue weighted by atomic mass is 35.5. The second kappa shape index (κ2) is 17.4. The van der Waals surface area contributed by atoms with Gasteiger partial charge in [0.2, 0.25) is 0 Å².